The van der Waals surface area contributed by atoms with E-state index in [0.29, 0.717) is 17.0 Å². The van der Waals surface area contributed by atoms with E-state index in [1.165, 1.54) is 36.6 Å². The van der Waals surface area contributed by atoms with Crippen molar-refractivity contribution in [2.45, 2.75) is 11.4 Å². The van der Waals surface area contributed by atoms with Crippen LogP contribution in [0.2, 0.25) is 0 Å². The zero-order valence-corrected chi connectivity index (χ0v) is 14.9. The topological polar surface area (TPSA) is 112 Å². The number of benzene rings is 2. The van der Waals surface area contributed by atoms with Gasteiger partial charge >= 0.3 is 0 Å². The molecule has 136 valence electrons. The van der Waals surface area contributed by atoms with Crippen LogP contribution in [0.1, 0.15) is 21.7 Å². The third kappa shape index (κ3) is 4.61. The molecule has 8 heteroatoms. The molecule has 0 aliphatic rings. The third-order valence-electron chi connectivity index (χ3n) is 3.67. The fourth-order valence-electron chi connectivity index (χ4n) is 2.34. The molecule has 0 fully saturated rings. The summed E-state index contributed by atoms with van der Waals surface area (Å²) in [4.78, 5) is 12.4. The van der Waals surface area contributed by atoms with E-state index in [1.54, 1.807) is 30.3 Å². The van der Waals surface area contributed by atoms with E-state index in [0.717, 1.165) is 0 Å². The maximum absolute atomic E-state index is 12.4. The summed E-state index contributed by atoms with van der Waals surface area (Å²) < 4.78 is 32.4. The number of hydrogen-bond acceptors (Lipinski definition) is 5. The number of rotatable bonds is 6. The van der Waals surface area contributed by atoms with Gasteiger partial charge in [-0.2, -0.15) is 5.26 Å². The molecule has 0 saturated heterocycles. The van der Waals surface area contributed by atoms with Crippen LogP contribution in [0.15, 0.2) is 76.2 Å². The Morgan fingerprint density at radius 1 is 1.07 bits per heavy atom. The van der Waals surface area contributed by atoms with Gasteiger partial charge in [-0.05, 0) is 48.5 Å². The maximum Gasteiger partial charge on any atom is 0.255 e. The number of carbonyl (C=O) groups is 1. The predicted molar refractivity (Wildman–Crippen MR) is 98.3 cm³/mol. The first-order chi connectivity index (χ1) is 13.0. The molecule has 0 saturated carbocycles. The Kier molecular flexibility index (Phi) is 5.35. The number of amides is 1. The van der Waals surface area contributed by atoms with Gasteiger partial charge in [-0.15, -0.1) is 0 Å². The molecule has 0 spiro atoms. The molecule has 0 unspecified atom stereocenters. The molecule has 0 aliphatic heterocycles. The molecule has 0 bridgehead atoms. The molecule has 1 amide bonds. The minimum Gasteiger partial charge on any atom is -0.468 e. The summed E-state index contributed by atoms with van der Waals surface area (Å²) >= 11 is 0. The quantitative estimate of drug-likeness (QED) is 0.682. The first-order valence-electron chi connectivity index (χ1n) is 7.91. The summed E-state index contributed by atoms with van der Waals surface area (Å²) in [5.74, 6) is -0.00183. The standard InChI is InChI=1S/C19H15N3O4S/c20-12-14-4-1-6-16(10-14)22-19(23)15-5-2-8-18(11-15)27(24,25)21-13-17-7-3-9-26-17/h1-11,21H,13H2,(H,22,23). The molecule has 1 aromatic heterocycles. The van der Waals surface area contributed by atoms with Gasteiger partial charge in [0.2, 0.25) is 10.0 Å². The van der Waals surface area contributed by atoms with Crippen LogP contribution in [-0.4, -0.2) is 14.3 Å². The van der Waals surface area contributed by atoms with E-state index in [-0.39, 0.29) is 17.0 Å². The smallest absolute Gasteiger partial charge is 0.255 e. The highest BCUT2D eigenvalue weighted by Gasteiger charge is 2.17. The Hall–Kier alpha value is -3.41. The van der Waals surface area contributed by atoms with Gasteiger partial charge in [-0.3, -0.25) is 4.79 Å². The molecule has 2 N–H and O–H groups in total. The van der Waals surface area contributed by atoms with Gasteiger partial charge in [0.25, 0.3) is 5.91 Å². The van der Waals surface area contributed by atoms with E-state index in [9.17, 15) is 13.2 Å². The lowest BCUT2D eigenvalue weighted by atomic mass is 10.2. The van der Waals surface area contributed by atoms with E-state index in [4.69, 9.17) is 9.68 Å². The average molecular weight is 381 g/mol. The number of nitriles is 1. The van der Waals surface area contributed by atoms with Crippen LogP contribution in [0.4, 0.5) is 5.69 Å². The highest BCUT2D eigenvalue weighted by Crippen LogP contribution is 2.15. The maximum atomic E-state index is 12.4. The van der Waals surface area contributed by atoms with Gasteiger partial charge in [-0.1, -0.05) is 12.1 Å². The molecule has 27 heavy (non-hydrogen) atoms. The van der Waals surface area contributed by atoms with E-state index in [1.807, 2.05) is 6.07 Å². The number of carbonyl (C=O) groups excluding carboxylic acids is 1. The van der Waals surface area contributed by atoms with Crippen molar-refractivity contribution in [1.82, 2.24) is 4.72 Å². The Labute approximate surface area is 156 Å². The minimum atomic E-state index is -3.81. The van der Waals surface area contributed by atoms with Crippen molar-refractivity contribution in [3.63, 3.8) is 0 Å². The fraction of sp³-hybridized carbons (Fsp3) is 0.0526. The fourth-order valence-corrected chi connectivity index (χ4v) is 3.38. The van der Waals surface area contributed by atoms with Crippen LogP contribution < -0.4 is 10.0 Å². The third-order valence-corrected chi connectivity index (χ3v) is 5.07. The number of furan rings is 1. The summed E-state index contributed by atoms with van der Waals surface area (Å²) in [5, 5.41) is 11.6. The van der Waals surface area contributed by atoms with Crippen molar-refractivity contribution >= 4 is 21.6 Å². The van der Waals surface area contributed by atoms with Crippen LogP contribution >= 0.6 is 0 Å². The van der Waals surface area contributed by atoms with E-state index >= 15 is 0 Å². The lowest BCUT2D eigenvalue weighted by Gasteiger charge is -2.09. The molecular weight excluding hydrogens is 366 g/mol. The van der Waals surface area contributed by atoms with Gasteiger partial charge in [0.15, 0.2) is 0 Å². The van der Waals surface area contributed by atoms with Crippen LogP contribution in [0, 0.1) is 11.3 Å². The van der Waals surface area contributed by atoms with Gasteiger partial charge in [0.1, 0.15) is 5.76 Å². The Bertz CT molecular complexity index is 1100. The van der Waals surface area contributed by atoms with Crippen LogP contribution in [0.3, 0.4) is 0 Å². The molecule has 1 heterocycles. The Balaban J connectivity index is 1.76. The largest absolute Gasteiger partial charge is 0.468 e. The molecule has 0 radical (unpaired) electrons. The normalized spacial score (nSPS) is 10.9. The van der Waals surface area contributed by atoms with Gasteiger partial charge < -0.3 is 9.73 Å². The number of hydrogen-bond donors (Lipinski definition) is 2. The summed E-state index contributed by atoms with van der Waals surface area (Å²) in [7, 11) is -3.81. The zero-order valence-electron chi connectivity index (χ0n) is 14.0. The molecule has 0 atom stereocenters. The summed E-state index contributed by atoms with van der Waals surface area (Å²) in [6.45, 7) is 0.00666. The lowest BCUT2D eigenvalue weighted by molar-refractivity contribution is 0.102. The molecule has 3 rings (SSSR count). The molecule has 3 aromatic rings. The molecule has 2 aromatic carbocycles. The number of nitrogens with zero attached hydrogens (tertiary/aromatic N) is 1. The summed E-state index contributed by atoms with van der Waals surface area (Å²) in [6, 6.07) is 17.4. The second kappa shape index (κ2) is 7.86. The van der Waals surface area contributed by atoms with Crippen molar-refractivity contribution in [1.29, 1.82) is 5.26 Å². The van der Waals surface area contributed by atoms with E-state index in [2.05, 4.69) is 10.0 Å². The number of nitrogens with one attached hydrogen (secondary N) is 2. The predicted octanol–water partition coefficient (Wildman–Crippen LogP) is 2.88. The summed E-state index contributed by atoms with van der Waals surface area (Å²) in [6.07, 6.45) is 1.45. The Morgan fingerprint density at radius 2 is 1.89 bits per heavy atom. The number of sulfonamides is 1. The van der Waals surface area contributed by atoms with Crippen molar-refractivity contribution in [3.05, 3.63) is 83.8 Å². The van der Waals surface area contributed by atoms with Crippen molar-refractivity contribution in [2.24, 2.45) is 0 Å². The van der Waals surface area contributed by atoms with Crippen molar-refractivity contribution < 1.29 is 17.6 Å². The minimum absolute atomic E-state index is 0.00666. The van der Waals surface area contributed by atoms with Crippen LogP contribution in [-0.2, 0) is 16.6 Å². The average Bonchev–Trinajstić information content (AvgIpc) is 3.20. The molecule has 7 nitrogen and oxygen atoms in total. The van der Waals surface area contributed by atoms with Gasteiger partial charge in [-0.25, -0.2) is 13.1 Å². The van der Waals surface area contributed by atoms with E-state index < -0.39 is 15.9 Å². The summed E-state index contributed by atoms with van der Waals surface area (Å²) in [5.41, 5.74) is 1.03. The zero-order chi connectivity index (χ0) is 19.3. The SMILES string of the molecule is N#Cc1cccc(NC(=O)c2cccc(S(=O)(=O)NCc3ccco3)c2)c1. The second-order valence-corrected chi connectivity index (χ2v) is 7.35. The monoisotopic (exact) mass is 381 g/mol. The highest BCUT2D eigenvalue weighted by molar-refractivity contribution is 7.89. The molecule has 0 aliphatic carbocycles. The molecular formula is C19H15N3O4S. The van der Waals surface area contributed by atoms with Crippen molar-refractivity contribution in [2.75, 3.05) is 5.32 Å². The van der Waals surface area contributed by atoms with Crippen LogP contribution in [0.25, 0.3) is 0 Å². The first-order valence-corrected chi connectivity index (χ1v) is 9.40. The van der Waals surface area contributed by atoms with Gasteiger partial charge in [0.05, 0.1) is 29.3 Å². The Morgan fingerprint density at radius 3 is 2.63 bits per heavy atom. The van der Waals surface area contributed by atoms with Crippen LogP contribution in [0.5, 0.6) is 0 Å². The highest BCUT2D eigenvalue weighted by atomic mass is 32.2. The second-order valence-electron chi connectivity index (χ2n) is 5.58. The van der Waals surface area contributed by atoms with Crippen molar-refractivity contribution in [3.8, 4) is 6.07 Å². The lowest BCUT2D eigenvalue weighted by Crippen LogP contribution is -2.23. The first kappa shape index (κ1) is 18.4. The number of anilines is 1. The van der Waals surface area contributed by atoms with Gasteiger partial charge in [0, 0.05) is 11.3 Å².